The highest BCUT2D eigenvalue weighted by atomic mass is 32.2. The molecule has 1 amide bonds. The quantitative estimate of drug-likeness (QED) is 0.552. The number of hydrogen-bond donors (Lipinski definition) is 1. The Hall–Kier alpha value is -2.02. The molecule has 0 spiro atoms. The van der Waals surface area contributed by atoms with E-state index in [0.717, 1.165) is 19.3 Å². The molecule has 142 valence electrons. The zero-order chi connectivity index (χ0) is 18.9. The average Bonchev–Trinajstić information content (AvgIpc) is 3.00. The minimum atomic E-state index is -0.358. The predicted molar refractivity (Wildman–Crippen MR) is 100.0 cm³/mol. The Morgan fingerprint density at radius 1 is 1.19 bits per heavy atom. The van der Waals surface area contributed by atoms with E-state index in [1.807, 2.05) is 18.2 Å². The highest BCUT2D eigenvalue weighted by molar-refractivity contribution is 8.00. The van der Waals surface area contributed by atoms with Crippen LogP contribution in [-0.4, -0.2) is 48.1 Å². The van der Waals surface area contributed by atoms with Crippen molar-refractivity contribution in [3.05, 3.63) is 35.9 Å². The van der Waals surface area contributed by atoms with Gasteiger partial charge in [0.15, 0.2) is 0 Å². The van der Waals surface area contributed by atoms with Crippen LogP contribution in [0.25, 0.3) is 0 Å². The van der Waals surface area contributed by atoms with Gasteiger partial charge < -0.3 is 14.8 Å². The molecule has 26 heavy (non-hydrogen) atoms. The molecule has 2 rings (SSSR count). The van der Waals surface area contributed by atoms with E-state index in [2.05, 4.69) is 10.1 Å². The Labute approximate surface area is 158 Å². The van der Waals surface area contributed by atoms with Gasteiger partial charge in [-0.25, -0.2) is 0 Å². The number of amides is 1. The maximum absolute atomic E-state index is 12.4. The molecule has 0 saturated carbocycles. The summed E-state index contributed by atoms with van der Waals surface area (Å²) in [6.07, 6.45) is 2.42. The van der Waals surface area contributed by atoms with Crippen molar-refractivity contribution in [1.82, 2.24) is 5.32 Å². The molecule has 1 aliphatic heterocycles. The highest BCUT2D eigenvalue weighted by Crippen LogP contribution is 2.33. The number of esters is 2. The van der Waals surface area contributed by atoms with Crippen LogP contribution in [0.3, 0.4) is 0 Å². The Bertz CT molecular complexity index is 622. The van der Waals surface area contributed by atoms with Crippen LogP contribution in [0.4, 0.5) is 0 Å². The first-order valence-corrected chi connectivity index (χ1v) is 9.77. The van der Waals surface area contributed by atoms with Gasteiger partial charge in [-0.2, -0.15) is 11.8 Å². The van der Waals surface area contributed by atoms with Crippen LogP contribution in [0.5, 0.6) is 0 Å². The zero-order valence-corrected chi connectivity index (χ0v) is 15.9. The Kier molecular flexibility index (Phi) is 7.97. The topological polar surface area (TPSA) is 81.7 Å². The minimum absolute atomic E-state index is 0.109. The fraction of sp³-hybridized carbons (Fsp3) is 0.526. The van der Waals surface area contributed by atoms with Crippen molar-refractivity contribution in [3.8, 4) is 0 Å². The van der Waals surface area contributed by atoms with Crippen molar-refractivity contribution in [2.45, 2.75) is 50.0 Å². The maximum atomic E-state index is 12.4. The molecule has 0 aromatic heterocycles. The molecule has 1 N–H and O–H groups in total. The fourth-order valence-corrected chi connectivity index (χ4v) is 4.45. The van der Waals surface area contributed by atoms with Gasteiger partial charge in [-0.15, -0.1) is 0 Å². The van der Waals surface area contributed by atoms with Gasteiger partial charge in [-0.1, -0.05) is 24.6 Å². The SMILES string of the molecule is COC(=O)CCCC[C@H]1SC[C@@H](NC(=O)c2ccccc2)[C@H]1OC(C)=O. The lowest BCUT2D eigenvalue weighted by Gasteiger charge is -2.24. The number of unbranched alkanes of at least 4 members (excludes halogenated alkanes) is 1. The maximum Gasteiger partial charge on any atom is 0.305 e. The lowest BCUT2D eigenvalue weighted by Crippen LogP contribution is -2.46. The van der Waals surface area contributed by atoms with Crippen LogP contribution in [0.2, 0.25) is 0 Å². The van der Waals surface area contributed by atoms with Crippen LogP contribution in [0.1, 0.15) is 43.0 Å². The van der Waals surface area contributed by atoms with Gasteiger partial charge in [0.1, 0.15) is 6.10 Å². The third kappa shape index (κ3) is 6.05. The second kappa shape index (κ2) is 10.2. The monoisotopic (exact) mass is 379 g/mol. The first-order valence-electron chi connectivity index (χ1n) is 8.73. The molecule has 6 nitrogen and oxygen atoms in total. The number of rotatable bonds is 8. The van der Waals surface area contributed by atoms with Gasteiger partial charge in [0.2, 0.25) is 0 Å². The Morgan fingerprint density at radius 2 is 1.92 bits per heavy atom. The summed E-state index contributed by atoms with van der Waals surface area (Å²) in [6.45, 7) is 1.38. The summed E-state index contributed by atoms with van der Waals surface area (Å²) in [4.78, 5) is 35.1. The summed E-state index contributed by atoms with van der Waals surface area (Å²) >= 11 is 1.69. The molecule has 1 aromatic rings. The summed E-state index contributed by atoms with van der Waals surface area (Å²) in [6, 6.07) is 8.76. The molecule has 1 aromatic carbocycles. The number of hydrogen-bond acceptors (Lipinski definition) is 6. The molecule has 0 radical (unpaired) electrons. The van der Waals surface area contributed by atoms with Crippen LogP contribution in [-0.2, 0) is 19.1 Å². The number of benzene rings is 1. The van der Waals surface area contributed by atoms with Gasteiger partial charge in [0.05, 0.1) is 13.2 Å². The van der Waals surface area contributed by atoms with E-state index in [-0.39, 0.29) is 35.2 Å². The molecule has 7 heteroatoms. The van der Waals surface area contributed by atoms with E-state index in [1.54, 1.807) is 23.9 Å². The van der Waals surface area contributed by atoms with E-state index < -0.39 is 0 Å². The smallest absolute Gasteiger partial charge is 0.305 e. The predicted octanol–water partition coefficient (Wildman–Crippen LogP) is 2.57. The number of nitrogens with one attached hydrogen (secondary N) is 1. The normalized spacial score (nSPS) is 21.8. The fourth-order valence-electron chi connectivity index (χ4n) is 2.96. The summed E-state index contributed by atoms with van der Waals surface area (Å²) in [5.41, 5.74) is 0.584. The molecule has 1 fully saturated rings. The van der Waals surface area contributed by atoms with Gasteiger partial charge in [0.25, 0.3) is 5.91 Å². The van der Waals surface area contributed by atoms with Crippen LogP contribution in [0.15, 0.2) is 30.3 Å². The number of carbonyl (C=O) groups is 3. The van der Waals surface area contributed by atoms with Crippen molar-refractivity contribution in [2.24, 2.45) is 0 Å². The number of ether oxygens (including phenoxy) is 2. The molecular formula is C19H25NO5S. The van der Waals surface area contributed by atoms with Crippen molar-refractivity contribution >= 4 is 29.6 Å². The van der Waals surface area contributed by atoms with Crippen molar-refractivity contribution in [1.29, 1.82) is 0 Å². The number of thioether (sulfide) groups is 1. The molecule has 1 heterocycles. The summed E-state index contributed by atoms with van der Waals surface area (Å²) in [7, 11) is 1.38. The summed E-state index contributed by atoms with van der Waals surface area (Å²) in [5.74, 6) is -0.0395. The van der Waals surface area contributed by atoms with E-state index in [4.69, 9.17) is 4.74 Å². The van der Waals surface area contributed by atoms with E-state index >= 15 is 0 Å². The molecule has 0 aliphatic carbocycles. The van der Waals surface area contributed by atoms with E-state index in [0.29, 0.717) is 17.7 Å². The van der Waals surface area contributed by atoms with Crippen LogP contribution < -0.4 is 5.32 Å². The second-order valence-corrected chi connectivity index (χ2v) is 7.49. The lowest BCUT2D eigenvalue weighted by molar-refractivity contribution is -0.147. The van der Waals surface area contributed by atoms with Crippen molar-refractivity contribution < 1.29 is 23.9 Å². The first kappa shape index (κ1) is 20.3. The highest BCUT2D eigenvalue weighted by Gasteiger charge is 2.39. The van der Waals surface area contributed by atoms with E-state index in [9.17, 15) is 14.4 Å². The van der Waals surface area contributed by atoms with Crippen LogP contribution >= 0.6 is 11.8 Å². The Morgan fingerprint density at radius 3 is 2.58 bits per heavy atom. The molecule has 1 aliphatic rings. The first-order chi connectivity index (χ1) is 12.5. The van der Waals surface area contributed by atoms with Crippen molar-refractivity contribution in [2.75, 3.05) is 12.9 Å². The summed E-state index contributed by atoms with van der Waals surface area (Å²) in [5, 5.41) is 3.10. The molecule has 0 unspecified atom stereocenters. The third-order valence-corrected chi connectivity index (χ3v) is 5.74. The third-order valence-electron chi connectivity index (χ3n) is 4.25. The number of carbonyl (C=O) groups excluding carboxylic acids is 3. The standard InChI is InChI=1S/C19H25NO5S/c1-13(21)25-18-15(20-19(23)14-8-4-3-5-9-14)12-26-16(18)10-6-7-11-17(22)24-2/h3-5,8-9,15-16,18H,6-7,10-12H2,1-2H3,(H,20,23)/t15-,16-,18-/m1/s1. The van der Waals surface area contributed by atoms with Gasteiger partial charge in [-0.3, -0.25) is 14.4 Å². The number of methoxy groups -OCH3 is 1. The van der Waals surface area contributed by atoms with Crippen LogP contribution in [0, 0.1) is 0 Å². The minimum Gasteiger partial charge on any atom is -0.469 e. The lowest BCUT2D eigenvalue weighted by atomic mass is 10.0. The summed E-state index contributed by atoms with van der Waals surface area (Å²) < 4.78 is 10.1. The zero-order valence-electron chi connectivity index (χ0n) is 15.1. The second-order valence-electron chi connectivity index (χ2n) is 6.21. The van der Waals surface area contributed by atoms with Crippen molar-refractivity contribution in [3.63, 3.8) is 0 Å². The largest absolute Gasteiger partial charge is 0.469 e. The average molecular weight is 379 g/mol. The molecular weight excluding hydrogens is 354 g/mol. The van der Waals surface area contributed by atoms with Gasteiger partial charge >= 0.3 is 11.9 Å². The van der Waals surface area contributed by atoms with Gasteiger partial charge in [-0.05, 0) is 25.0 Å². The molecule has 0 bridgehead atoms. The molecule has 3 atom stereocenters. The van der Waals surface area contributed by atoms with E-state index in [1.165, 1.54) is 14.0 Å². The Balaban J connectivity index is 1.91. The van der Waals surface area contributed by atoms with Gasteiger partial charge in [0, 0.05) is 29.9 Å². The molecule has 1 saturated heterocycles.